The van der Waals surface area contributed by atoms with E-state index in [0.29, 0.717) is 18.7 Å². The summed E-state index contributed by atoms with van der Waals surface area (Å²) in [6.07, 6.45) is 2.11. The summed E-state index contributed by atoms with van der Waals surface area (Å²) in [4.78, 5) is 25.2. The van der Waals surface area contributed by atoms with Gasteiger partial charge in [0.15, 0.2) is 0 Å². The maximum atomic E-state index is 11.2. The molecule has 120 valence electrons. The highest BCUT2D eigenvalue weighted by atomic mass is 16.5. The molecule has 1 aromatic heterocycles. The van der Waals surface area contributed by atoms with E-state index in [1.807, 2.05) is 32.2 Å². The van der Waals surface area contributed by atoms with Crippen molar-refractivity contribution in [3.8, 4) is 5.75 Å². The number of rotatable bonds is 4. The first-order chi connectivity index (χ1) is 10.6. The van der Waals surface area contributed by atoms with Gasteiger partial charge in [0.25, 0.3) is 0 Å². The Kier molecular flexibility index (Phi) is 6.95. The number of fused-ring (bicyclic) bond motifs is 1. The monoisotopic (exact) mass is 305 g/mol. The predicted octanol–water partition coefficient (Wildman–Crippen LogP) is 2.59. The van der Waals surface area contributed by atoms with Gasteiger partial charge in [-0.1, -0.05) is 13.8 Å². The minimum Gasteiger partial charge on any atom is -0.410 e. The average Bonchev–Trinajstić information content (AvgIpc) is 2.91. The molecule has 2 aromatic rings. The van der Waals surface area contributed by atoms with Crippen LogP contribution in [0.3, 0.4) is 0 Å². The zero-order valence-electron chi connectivity index (χ0n) is 13.4. The van der Waals surface area contributed by atoms with Gasteiger partial charge in [-0.15, -0.1) is 0 Å². The van der Waals surface area contributed by atoms with Crippen molar-refractivity contribution in [2.75, 3.05) is 13.6 Å². The van der Waals surface area contributed by atoms with Crippen LogP contribution < -0.4 is 15.4 Å². The third kappa shape index (κ3) is 4.80. The van der Waals surface area contributed by atoms with Gasteiger partial charge in [-0.05, 0) is 30.2 Å². The van der Waals surface area contributed by atoms with Gasteiger partial charge in [-0.25, -0.2) is 4.79 Å². The van der Waals surface area contributed by atoms with Crippen LogP contribution in [0.25, 0.3) is 10.9 Å². The van der Waals surface area contributed by atoms with E-state index in [4.69, 9.17) is 4.74 Å². The van der Waals surface area contributed by atoms with Gasteiger partial charge in [0.05, 0.1) is 0 Å². The fraction of sp³-hybridized carbons (Fsp3) is 0.375. The van der Waals surface area contributed by atoms with Crippen LogP contribution >= 0.6 is 0 Å². The van der Waals surface area contributed by atoms with Gasteiger partial charge < -0.3 is 20.4 Å². The summed E-state index contributed by atoms with van der Waals surface area (Å²) < 4.78 is 5.11. The van der Waals surface area contributed by atoms with Crippen LogP contribution in [0, 0.1) is 0 Å². The smallest absolute Gasteiger partial charge is 0.410 e. The topological polar surface area (TPSA) is 83.2 Å². The number of ether oxygens (including phenoxy) is 1. The Hall–Kier alpha value is -2.50. The largest absolute Gasteiger partial charge is 0.412 e. The van der Waals surface area contributed by atoms with E-state index in [2.05, 4.69) is 15.6 Å². The standard InChI is InChI=1S/C14H17N3O3.C2H6/c1-9(18)16-6-5-10-8-17-13-4-3-11(7-12(10)13)20-14(19)15-2;1-2/h3-4,7-8,17H,5-6H2,1-2H3,(H,15,19)(H,16,18);1-2H3. The van der Waals surface area contributed by atoms with E-state index in [9.17, 15) is 9.59 Å². The molecule has 6 nitrogen and oxygen atoms in total. The highest BCUT2D eigenvalue weighted by Crippen LogP contribution is 2.24. The Balaban J connectivity index is 0.00000116. The van der Waals surface area contributed by atoms with Gasteiger partial charge in [0.1, 0.15) is 5.75 Å². The summed E-state index contributed by atoms with van der Waals surface area (Å²) in [5, 5.41) is 6.14. The minimum absolute atomic E-state index is 0.0477. The number of aromatic amines is 1. The second-order valence-electron chi connectivity index (χ2n) is 4.39. The molecule has 6 heteroatoms. The molecule has 0 aliphatic rings. The normalized spacial score (nSPS) is 9.64. The lowest BCUT2D eigenvalue weighted by Gasteiger charge is -2.04. The van der Waals surface area contributed by atoms with E-state index in [-0.39, 0.29) is 5.91 Å². The van der Waals surface area contributed by atoms with E-state index in [0.717, 1.165) is 16.5 Å². The van der Waals surface area contributed by atoms with Crippen LogP contribution in [-0.4, -0.2) is 30.6 Å². The van der Waals surface area contributed by atoms with Crippen molar-refractivity contribution in [3.05, 3.63) is 30.0 Å². The summed E-state index contributed by atoms with van der Waals surface area (Å²) in [6.45, 7) is 6.06. The number of nitrogens with one attached hydrogen (secondary N) is 3. The summed E-state index contributed by atoms with van der Waals surface area (Å²) in [7, 11) is 1.51. The lowest BCUT2D eigenvalue weighted by Crippen LogP contribution is -2.22. The highest BCUT2D eigenvalue weighted by Gasteiger charge is 2.07. The molecule has 0 aliphatic carbocycles. The molecule has 3 N–H and O–H groups in total. The van der Waals surface area contributed by atoms with Crippen LogP contribution in [0.1, 0.15) is 26.3 Å². The van der Waals surface area contributed by atoms with Gasteiger partial charge in [0, 0.05) is 37.6 Å². The number of H-pyrrole nitrogens is 1. The maximum absolute atomic E-state index is 11.2. The van der Waals surface area contributed by atoms with Crippen LogP contribution in [0.5, 0.6) is 5.75 Å². The van der Waals surface area contributed by atoms with Gasteiger partial charge in [0.2, 0.25) is 5.91 Å². The van der Waals surface area contributed by atoms with Gasteiger partial charge in [-0.2, -0.15) is 0 Å². The molecular formula is C16H23N3O3. The van der Waals surface area contributed by atoms with Crippen molar-refractivity contribution >= 4 is 22.9 Å². The first kappa shape index (κ1) is 17.6. The van der Waals surface area contributed by atoms with Crippen molar-refractivity contribution in [3.63, 3.8) is 0 Å². The number of amides is 2. The molecule has 0 unspecified atom stereocenters. The van der Waals surface area contributed by atoms with E-state index >= 15 is 0 Å². The minimum atomic E-state index is -0.500. The van der Waals surface area contributed by atoms with Crippen LogP contribution in [0.2, 0.25) is 0 Å². The van der Waals surface area contributed by atoms with Crippen molar-refractivity contribution < 1.29 is 14.3 Å². The Morgan fingerprint density at radius 2 is 2.00 bits per heavy atom. The number of hydrogen-bond donors (Lipinski definition) is 3. The second-order valence-corrected chi connectivity index (χ2v) is 4.39. The third-order valence-electron chi connectivity index (χ3n) is 2.92. The second kappa shape index (κ2) is 8.71. The summed E-state index contributed by atoms with van der Waals surface area (Å²) in [6, 6.07) is 5.39. The fourth-order valence-electron chi connectivity index (χ4n) is 1.96. The van der Waals surface area contributed by atoms with E-state index < -0.39 is 6.09 Å². The van der Waals surface area contributed by atoms with Crippen LogP contribution in [0.4, 0.5) is 4.79 Å². The Labute approximate surface area is 130 Å². The van der Waals surface area contributed by atoms with Gasteiger partial charge in [-0.3, -0.25) is 4.79 Å². The third-order valence-corrected chi connectivity index (χ3v) is 2.92. The quantitative estimate of drug-likeness (QED) is 0.812. The first-order valence-electron chi connectivity index (χ1n) is 7.34. The number of carbonyl (C=O) groups is 2. The summed E-state index contributed by atoms with van der Waals surface area (Å²) in [5.41, 5.74) is 2.03. The number of aromatic nitrogens is 1. The van der Waals surface area contributed by atoms with E-state index in [1.54, 1.807) is 6.07 Å². The molecule has 1 aromatic carbocycles. The first-order valence-corrected chi connectivity index (χ1v) is 7.34. The van der Waals surface area contributed by atoms with Crippen molar-refractivity contribution in [1.29, 1.82) is 0 Å². The molecule has 0 fully saturated rings. The SMILES string of the molecule is CC.CNC(=O)Oc1ccc2[nH]cc(CCNC(C)=O)c2c1. The molecule has 0 saturated carbocycles. The molecule has 1 heterocycles. The number of carbonyl (C=O) groups excluding carboxylic acids is 2. The average molecular weight is 305 g/mol. The molecule has 22 heavy (non-hydrogen) atoms. The van der Waals surface area contributed by atoms with Crippen LogP contribution in [0.15, 0.2) is 24.4 Å². The molecular weight excluding hydrogens is 282 g/mol. The Bertz CT molecular complexity index is 635. The highest BCUT2D eigenvalue weighted by molar-refractivity contribution is 5.85. The van der Waals surface area contributed by atoms with Crippen LogP contribution in [-0.2, 0) is 11.2 Å². The predicted molar refractivity (Wildman–Crippen MR) is 87.1 cm³/mol. The number of hydrogen-bond acceptors (Lipinski definition) is 3. The molecule has 0 spiro atoms. The number of benzene rings is 1. The molecule has 0 radical (unpaired) electrons. The molecule has 0 aliphatic heterocycles. The molecule has 0 atom stereocenters. The fourth-order valence-corrected chi connectivity index (χ4v) is 1.96. The Morgan fingerprint density at radius 1 is 1.27 bits per heavy atom. The van der Waals surface area contributed by atoms with E-state index in [1.165, 1.54) is 14.0 Å². The molecule has 0 saturated heterocycles. The van der Waals surface area contributed by atoms with Crippen molar-refractivity contribution in [1.82, 2.24) is 15.6 Å². The van der Waals surface area contributed by atoms with Crippen molar-refractivity contribution in [2.45, 2.75) is 27.2 Å². The molecule has 0 bridgehead atoms. The Morgan fingerprint density at radius 3 is 2.64 bits per heavy atom. The zero-order chi connectivity index (χ0) is 16.5. The summed E-state index contributed by atoms with van der Waals surface area (Å²) >= 11 is 0. The maximum Gasteiger partial charge on any atom is 0.412 e. The zero-order valence-corrected chi connectivity index (χ0v) is 13.4. The lowest BCUT2D eigenvalue weighted by molar-refractivity contribution is -0.118. The molecule has 2 rings (SSSR count). The lowest BCUT2D eigenvalue weighted by atomic mass is 10.1. The molecule has 2 amide bonds. The van der Waals surface area contributed by atoms with Gasteiger partial charge >= 0.3 is 6.09 Å². The van der Waals surface area contributed by atoms with Crippen molar-refractivity contribution in [2.24, 2.45) is 0 Å². The summed E-state index contributed by atoms with van der Waals surface area (Å²) in [5.74, 6) is 0.436.